The summed E-state index contributed by atoms with van der Waals surface area (Å²) in [6.45, 7) is 10.2. The molecular formula is C34H33FN8O2. The van der Waals surface area contributed by atoms with Crippen LogP contribution in [0.1, 0.15) is 73.9 Å². The van der Waals surface area contributed by atoms with Crippen LogP contribution < -0.4 is 10.6 Å². The molecule has 3 aliphatic rings. The van der Waals surface area contributed by atoms with Gasteiger partial charge >= 0.3 is 5.69 Å². The normalized spacial score (nSPS) is 19.9. The Bertz CT molecular complexity index is 1960. The van der Waals surface area contributed by atoms with Gasteiger partial charge in [-0.15, -0.1) is 0 Å². The highest BCUT2D eigenvalue weighted by atomic mass is 19.1. The zero-order valence-electron chi connectivity index (χ0n) is 25.5. The van der Waals surface area contributed by atoms with E-state index < -0.39 is 11.5 Å². The van der Waals surface area contributed by atoms with Crippen LogP contribution in [0, 0.1) is 24.1 Å². The molecule has 2 saturated carbocycles. The van der Waals surface area contributed by atoms with E-state index in [4.69, 9.17) is 4.98 Å². The average molecular weight is 605 g/mol. The molecule has 1 saturated heterocycles. The fourth-order valence-corrected chi connectivity index (χ4v) is 6.45. The summed E-state index contributed by atoms with van der Waals surface area (Å²) in [6.07, 6.45) is 6.71. The highest BCUT2D eigenvalue weighted by Crippen LogP contribution is 2.47. The van der Waals surface area contributed by atoms with Crippen LogP contribution in [0.25, 0.3) is 28.0 Å². The van der Waals surface area contributed by atoms with Crippen molar-refractivity contribution in [3.63, 3.8) is 0 Å². The number of carbonyl (C=O) groups excluding carboxylic acids is 1. The number of aromatic nitrogens is 5. The maximum absolute atomic E-state index is 15.3. The van der Waals surface area contributed by atoms with Gasteiger partial charge in [-0.05, 0) is 70.7 Å². The molecule has 4 aromatic rings. The second kappa shape index (κ2) is 10.9. The first-order chi connectivity index (χ1) is 21.7. The Kier molecular flexibility index (Phi) is 6.95. The monoisotopic (exact) mass is 604 g/mol. The van der Waals surface area contributed by atoms with Crippen molar-refractivity contribution in [3.8, 4) is 23.0 Å². The molecule has 3 fully saturated rings. The predicted molar refractivity (Wildman–Crippen MR) is 168 cm³/mol. The van der Waals surface area contributed by atoms with Gasteiger partial charge < -0.3 is 9.80 Å². The number of rotatable bonds is 6. The summed E-state index contributed by atoms with van der Waals surface area (Å²) in [5, 5.41) is 10.8. The third kappa shape index (κ3) is 4.94. The first-order valence-electron chi connectivity index (χ1n) is 15.4. The fraction of sp³-hybridized carbons (Fsp3) is 0.382. The van der Waals surface area contributed by atoms with Crippen molar-refractivity contribution in [2.45, 2.75) is 70.4 Å². The number of nitriles is 1. The molecule has 0 N–H and O–H groups in total. The van der Waals surface area contributed by atoms with Crippen molar-refractivity contribution < 1.29 is 9.18 Å². The van der Waals surface area contributed by atoms with Gasteiger partial charge in [0.25, 0.3) is 0 Å². The van der Waals surface area contributed by atoms with Crippen molar-refractivity contribution in [2.24, 2.45) is 0 Å². The number of amides is 1. The standard InChI is InChI=1S/C34H33FN8O2/c1-5-27(44)41-15-20(4)42(16-19(41)3)32-25-13-23(14-36)28(24-12-18(2)6-11-26(24)35)39-33(25)43(34(45)40-32)31-29(21-7-8-21)37-17-38-30(31)22-9-10-22/h5-6,11-13,17,19-22H,1,7-10,15-16H2,2-4H3/t19-,20+/m1/s1. The van der Waals surface area contributed by atoms with Crippen LogP contribution >= 0.6 is 0 Å². The maximum atomic E-state index is 15.3. The lowest BCUT2D eigenvalue weighted by atomic mass is 10.0. The highest BCUT2D eigenvalue weighted by molar-refractivity contribution is 5.93. The van der Waals surface area contributed by atoms with E-state index in [1.165, 1.54) is 16.7 Å². The predicted octanol–water partition coefficient (Wildman–Crippen LogP) is 4.92. The SMILES string of the molecule is C=CC(=O)N1C[C@H](C)N(c2nc(=O)n(-c3c(C4CC4)ncnc3C3CC3)c3nc(-c4cc(C)ccc4F)c(C#N)cc23)C[C@H]1C. The lowest BCUT2D eigenvalue weighted by molar-refractivity contribution is -0.128. The molecule has 0 spiro atoms. The highest BCUT2D eigenvalue weighted by Gasteiger charge is 2.38. The molecule has 1 amide bonds. The van der Waals surface area contributed by atoms with E-state index in [0.717, 1.165) is 42.6 Å². The van der Waals surface area contributed by atoms with E-state index in [1.807, 2.05) is 25.7 Å². The van der Waals surface area contributed by atoms with Crippen molar-refractivity contribution in [3.05, 3.63) is 82.1 Å². The Hall–Kier alpha value is -4.98. The Morgan fingerprint density at radius 1 is 1.04 bits per heavy atom. The number of anilines is 1. The molecule has 45 heavy (non-hydrogen) atoms. The van der Waals surface area contributed by atoms with Gasteiger partial charge in [0.2, 0.25) is 5.91 Å². The molecule has 10 nitrogen and oxygen atoms in total. The molecule has 2 aliphatic carbocycles. The molecular weight excluding hydrogens is 571 g/mol. The van der Waals surface area contributed by atoms with E-state index >= 15 is 4.39 Å². The van der Waals surface area contributed by atoms with E-state index in [0.29, 0.717) is 30.0 Å². The number of fused-ring (bicyclic) bond motifs is 1. The minimum absolute atomic E-state index is 0.150. The number of halogens is 1. The van der Waals surface area contributed by atoms with Crippen molar-refractivity contribution in [1.82, 2.24) is 29.4 Å². The Labute approximate surface area is 259 Å². The maximum Gasteiger partial charge on any atom is 0.355 e. The Balaban J connectivity index is 1.53. The minimum Gasteiger partial charge on any atom is -0.349 e. The first kappa shape index (κ1) is 28.8. The summed E-state index contributed by atoms with van der Waals surface area (Å²) in [5.74, 6) is 0.0909. The van der Waals surface area contributed by atoms with Crippen LogP contribution in [0.4, 0.5) is 10.2 Å². The molecule has 4 heterocycles. The van der Waals surface area contributed by atoms with Crippen molar-refractivity contribution in [1.29, 1.82) is 5.26 Å². The number of benzene rings is 1. The number of aryl methyl sites for hydroxylation is 1. The van der Waals surface area contributed by atoms with E-state index in [2.05, 4.69) is 27.6 Å². The Morgan fingerprint density at radius 3 is 2.36 bits per heavy atom. The summed E-state index contributed by atoms with van der Waals surface area (Å²) >= 11 is 0. The zero-order valence-corrected chi connectivity index (χ0v) is 25.5. The molecule has 1 aliphatic heterocycles. The van der Waals surface area contributed by atoms with Gasteiger partial charge in [-0.3, -0.25) is 4.79 Å². The van der Waals surface area contributed by atoms with Crippen molar-refractivity contribution in [2.75, 3.05) is 18.0 Å². The van der Waals surface area contributed by atoms with Crippen LogP contribution in [0.15, 0.2) is 48.0 Å². The topological polar surface area (TPSA) is 121 Å². The van der Waals surface area contributed by atoms with Gasteiger partial charge in [0.05, 0.1) is 33.7 Å². The largest absolute Gasteiger partial charge is 0.355 e. The third-order valence-electron chi connectivity index (χ3n) is 9.09. The van der Waals surface area contributed by atoms with Crippen LogP contribution in [-0.4, -0.2) is 60.5 Å². The summed E-state index contributed by atoms with van der Waals surface area (Å²) in [4.78, 5) is 49.5. The number of hydrogen-bond donors (Lipinski definition) is 0. The lowest BCUT2D eigenvalue weighted by Crippen LogP contribution is -2.58. The number of hydrogen-bond acceptors (Lipinski definition) is 8. The lowest BCUT2D eigenvalue weighted by Gasteiger charge is -2.44. The van der Waals surface area contributed by atoms with Crippen LogP contribution in [0.5, 0.6) is 0 Å². The van der Waals surface area contributed by atoms with E-state index in [-0.39, 0.29) is 52.3 Å². The minimum atomic E-state index is -0.548. The van der Waals surface area contributed by atoms with Crippen molar-refractivity contribution >= 4 is 22.8 Å². The van der Waals surface area contributed by atoms with Gasteiger partial charge in [-0.2, -0.15) is 10.2 Å². The van der Waals surface area contributed by atoms with Gasteiger partial charge in [0.15, 0.2) is 5.65 Å². The molecule has 228 valence electrons. The van der Waals surface area contributed by atoms with E-state index in [1.54, 1.807) is 29.4 Å². The van der Waals surface area contributed by atoms with E-state index in [9.17, 15) is 14.9 Å². The number of carbonyl (C=O) groups is 1. The molecule has 0 unspecified atom stereocenters. The molecule has 11 heteroatoms. The average Bonchev–Trinajstić information content (AvgIpc) is 3.96. The summed E-state index contributed by atoms with van der Waals surface area (Å²) in [5.41, 5.74) is 3.20. The summed E-state index contributed by atoms with van der Waals surface area (Å²) < 4.78 is 16.8. The fourth-order valence-electron chi connectivity index (χ4n) is 6.45. The van der Waals surface area contributed by atoms with Gasteiger partial charge in [-0.1, -0.05) is 18.2 Å². The van der Waals surface area contributed by atoms with Gasteiger partial charge in [0, 0.05) is 42.6 Å². The molecule has 7 rings (SSSR count). The van der Waals surface area contributed by atoms with Crippen LogP contribution in [0.3, 0.4) is 0 Å². The molecule has 3 aromatic heterocycles. The van der Waals surface area contributed by atoms with Crippen LogP contribution in [0.2, 0.25) is 0 Å². The number of nitrogens with zero attached hydrogens (tertiary/aromatic N) is 8. The number of pyridine rings is 1. The third-order valence-corrected chi connectivity index (χ3v) is 9.09. The van der Waals surface area contributed by atoms with Crippen LogP contribution in [-0.2, 0) is 4.79 Å². The quantitative estimate of drug-likeness (QED) is 0.284. The second-order valence-corrected chi connectivity index (χ2v) is 12.5. The summed E-state index contributed by atoms with van der Waals surface area (Å²) in [7, 11) is 0. The molecule has 1 aromatic carbocycles. The second-order valence-electron chi connectivity index (χ2n) is 12.5. The van der Waals surface area contributed by atoms with Gasteiger partial charge in [-0.25, -0.2) is 28.7 Å². The molecule has 0 bridgehead atoms. The Morgan fingerprint density at radius 2 is 1.73 bits per heavy atom. The number of piperazine rings is 1. The summed E-state index contributed by atoms with van der Waals surface area (Å²) in [6, 6.07) is 8.15. The molecule has 0 radical (unpaired) electrons. The smallest absolute Gasteiger partial charge is 0.349 e. The zero-order chi connectivity index (χ0) is 31.6. The van der Waals surface area contributed by atoms with Gasteiger partial charge in [0.1, 0.15) is 24.0 Å². The first-order valence-corrected chi connectivity index (χ1v) is 15.4. The molecule has 2 atom stereocenters.